The van der Waals surface area contributed by atoms with E-state index in [1.807, 2.05) is 19.1 Å². The van der Waals surface area contributed by atoms with E-state index in [0.717, 1.165) is 18.8 Å². The fourth-order valence-electron chi connectivity index (χ4n) is 3.56. The van der Waals surface area contributed by atoms with E-state index in [2.05, 4.69) is 39.7 Å². The zero-order valence-corrected chi connectivity index (χ0v) is 20.4. The maximum Gasteiger partial charge on any atom is 0.242 e. The van der Waals surface area contributed by atoms with E-state index in [1.54, 1.807) is 6.26 Å². The first-order valence-electron chi connectivity index (χ1n) is 10.7. The van der Waals surface area contributed by atoms with Gasteiger partial charge in [0.05, 0.1) is 12.8 Å². The summed E-state index contributed by atoms with van der Waals surface area (Å²) < 4.78 is 5.22. The third-order valence-corrected chi connectivity index (χ3v) is 5.12. The molecule has 0 aromatic carbocycles. The summed E-state index contributed by atoms with van der Waals surface area (Å²) >= 11 is 0. The van der Waals surface area contributed by atoms with Gasteiger partial charge in [-0.2, -0.15) is 0 Å². The molecule has 1 fully saturated rings. The SMILES string of the molecule is CCNC(=NCC(=O)NCc1ccco1)NCC(C(C)C)N1CCCCCC1.I. The van der Waals surface area contributed by atoms with Crippen molar-refractivity contribution in [2.45, 2.75) is 59.0 Å². The van der Waals surface area contributed by atoms with Crippen molar-refractivity contribution in [3.05, 3.63) is 24.2 Å². The van der Waals surface area contributed by atoms with Crippen LogP contribution in [0.15, 0.2) is 27.8 Å². The lowest BCUT2D eigenvalue weighted by Crippen LogP contribution is -2.50. The molecule has 1 aliphatic rings. The van der Waals surface area contributed by atoms with Crippen molar-refractivity contribution in [3.63, 3.8) is 0 Å². The number of halogens is 1. The summed E-state index contributed by atoms with van der Waals surface area (Å²) in [6, 6.07) is 4.11. The van der Waals surface area contributed by atoms with Gasteiger partial charge < -0.3 is 20.4 Å². The van der Waals surface area contributed by atoms with Crippen LogP contribution in [-0.2, 0) is 11.3 Å². The Kier molecular flexibility index (Phi) is 13.0. The number of furan rings is 1. The van der Waals surface area contributed by atoms with Gasteiger partial charge in [-0.25, -0.2) is 4.99 Å². The van der Waals surface area contributed by atoms with Gasteiger partial charge in [0.25, 0.3) is 0 Å². The Morgan fingerprint density at radius 3 is 2.48 bits per heavy atom. The lowest BCUT2D eigenvalue weighted by molar-refractivity contribution is -0.119. The summed E-state index contributed by atoms with van der Waals surface area (Å²) in [5.74, 6) is 1.86. The van der Waals surface area contributed by atoms with Crippen LogP contribution in [0, 0.1) is 5.92 Å². The predicted octanol–water partition coefficient (Wildman–Crippen LogP) is 2.97. The molecule has 2 heterocycles. The van der Waals surface area contributed by atoms with Crippen LogP contribution in [0.2, 0.25) is 0 Å². The number of carbonyl (C=O) groups is 1. The van der Waals surface area contributed by atoms with Crippen molar-refractivity contribution in [3.8, 4) is 0 Å². The smallest absolute Gasteiger partial charge is 0.242 e. The van der Waals surface area contributed by atoms with Crippen LogP contribution in [0.1, 0.15) is 52.2 Å². The lowest BCUT2D eigenvalue weighted by Gasteiger charge is -2.34. The summed E-state index contributed by atoms with van der Waals surface area (Å²) in [4.78, 5) is 19.1. The van der Waals surface area contributed by atoms with Crippen molar-refractivity contribution < 1.29 is 9.21 Å². The Hall–Kier alpha value is -1.29. The van der Waals surface area contributed by atoms with Crippen molar-refractivity contribution in [2.75, 3.05) is 32.7 Å². The highest BCUT2D eigenvalue weighted by Gasteiger charge is 2.22. The largest absolute Gasteiger partial charge is 0.467 e. The number of guanidine groups is 1. The molecule has 1 saturated heterocycles. The molecule has 3 N–H and O–H groups in total. The minimum Gasteiger partial charge on any atom is -0.467 e. The van der Waals surface area contributed by atoms with Gasteiger partial charge in [-0.3, -0.25) is 9.69 Å². The molecule has 8 heteroatoms. The lowest BCUT2D eigenvalue weighted by atomic mass is 10.0. The Morgan fingerprint density at radius 2 is 1.90 bits per heavy atom. The molecular weight excluding hydrogens is 481 g/mol. The highest BCUT2D eigenvalue weighted by atomic mass is 127. The standard InChI is InChI=1S/C21H37N5O2.HI/c1-4-22-21(25-16-20(27)23-14-18-10-9-13-28-18)24-15-19(17(2)3)26-11-7-5-6-8-12-26;/h9-10,13,17,19H,4-8,11-12,14-16H2,1-3H3,(H,23,27)(H2,22,24,25);1H. The van der Waals surface area contributed by atoms with Crippen LogP contribution in [0.5, 0.6) is 0 Å². The molecule has 0 radical (unpaired) electrons. The van der Waals surface area contributed by atoms with E-state index in [1.165, 1.54) is 38.8 Å². The molecular formula is C21H38IN5O2. The highest BCUT2D eigenvalue weighted by molar-refractivity contribution is 14.0. The quantitative estimate of drug-likeness (QED) is 0.266. The molecule has 1 aromatic heterocycles. The second kappa shape index (κ2) is 14.7. The molecule has 1 unspecified atom stereocenters. The second-order valence-corrected chi connectivity index (χ2v) is 7.69. The van der Waals surface area contributed by atoms with Crippen molar-refractivity contribution in [1.29, 1.82) is 0 Å². The minimum absolute atomic E-state index is 0. The van der Waals surface area contributed by atoms with Gasteiger partial charge in [-0.05, 0) is 50.9 Å². The van der Waals surface area contributed by atoms with Crippen molar-refractivity contribution in [1.82, 2.24) is 20.9 Å². The molecule has 1 aliphatic heterocycles. The zero-order chi connectivity index (χ0) is 20.2. The summed E-state index contributed by atoms with van der Waals surface area (Å²) in [5, 5.41) is 9.50. The average Bonchev–Trinajstić information content (AvgIpc) is 3.06. The van der Waals surface area contributed by atoms with E-state index in [-0.39, 0.29) is 36.4 Å². The van der Waals surface area contributed by atoms with Gasteiger partial charge in [-0.1, -0.05) is 26.7 Å². The summed E-state index contributed by atoms with van der Waals surface area (Å²) in [6.45, 7) is 11.0. The van der Waals surface area contributed by atoms with E-state index in [4.69, 9.17) is 4.42 Å². The van der Waals surface area contributed by atoms with E-state index in [0.29, 0.717) is 24.5 Å². The molecule has 0 bridgehead atoms. The monoisotopic (exact) mass is 519 g/mol. The Labute approximate surface area is 192 Å². The molecule has 1 amide bonds. The third kappa shape index (κ3) is 9.84. The molecule has 0 spiro atoms. The molecule has 7 nitrogen and oxygen atoms in total. The molecule has 0 saturated carbocycles. The number of likely N-dealkylation sites (tertiary alicyclic amines) is 1. The minimum atomic E-state index is -0.124. The number of hydrogen-bond acceptors (Lipinski definition) is 4. The third-order valence-electron chi connectivity index (χ3n) is 5.12. The maximum absolute atomic E-state index is 12.1. The number of aliphatic imine (C=N–C) groups is 1. The number of nitrogens with zero attached hydrogens (tertiary/aromatic N) is 2. The normalized spacial score (nSPS) is 16.6. The van der Waals surface area contributed by atoms with E-state index in [9.17, 15) is 4.79 Å². The average molecular weight is 519 g/mol. The van der Waals surface area contributed by atoms with Crippen LogP contribution in [0.3, 0.4) is 0 Å². The number of carbonyl (C=O) groups excluding carboxylic acids is 1. The van der Waals surface area contributed by atoms with Crippen LogP contribution in [-0.4, -0.2) is 55.5 Å². The number of rotatable bonds is 9. The number of amides is 1. The molecule has 1 atom stereocenters. The number of hydrogen-bond donors (Lipinski definition) is 3. The van der Waals surface area contributed by atoms with Gasteiger partial charge >= 0.3 is 0 Å². The van der Waals surface area contributed by atoms with Crippen molar-refractivity contribution in [2.24, 2.45) is 10.9 Å². The number of nitrogens with one attached hydrogen (secondary N) is 3. The van der Waals surface area contributed by atoms with Crippen LogP contribution in [0.25, 0.3) is 0 Å². The fourth-order valence-corrected chi connectivity index (χ4v) is 3.56. The Bertz CT molecular complexity index is 584. The molecule has 1 aromatic rings. The van der Waals surface area contributed by atoms with Gasteiger partial charge in [0.15, 0.2) is 5.96 Å². The maximum atomic E-state index is 12.1. The van der Waals surface area contributed by atoms with Gasteiger partial charge in [0.1, 0.15) is 12.3 Å². The van der Waals surface area contributed by atoms with Crippen LogP contribution >= 0.6 is 24.0 Å². The molecule has 166 valence electrons. The first kappa shape index (κ1) is 25.7. The fraction of sp³-hybridized carbons (Fsp3) is 0.714. The Balaban J connectivity index is 0.00000420. The highest BCUT2D eigenvalue weighted by Crippen LogP contribution is 2.17. The molecule has 29 heavy (non-hydrogen) atoms. The van der Waals surface area contributed by atoms with E-state index < -0.39 is 0 Å². The molecule has 2 rings (SSSR count). The summed E-state index contributed by atoms with van der Waals surface area (Å²) in [6.07, 6.45) is 6.85. The first-order chi connectivity index (χ1) is 13.6. The first-order valence-corrected chi connectivity index (χ1v) is 10.7. The molecule has 0 aliphatic carbocycles. The zero-order valence-electron chi connectivity index (χ0n) is 18.1. The van der Waals surface area contributed by atoms with Gasteiger partial charge in [-0.15, -0.1) is 24.0 Å². The topological polar surface area (TPSA) is 81.9 Å². The van der Waals surface area contributed by atoms with Crippen LogP contribution in [0.4, 0.5) is 0 Å². The van der Waals surface area contributed by atoms with E-state index >= 15 is 0 Å². The van der Waals surface area contributed by atoms with Crippen LogP contribution < -0.4 is 16.0 Å². The van der Waals surface area contributed by atoms with Gasteiger partial charge in [0.2, 0.25) is 5.91 Å². The second-order valence-electron chi connectivity index (χ2n) is 7.69. The summed E-state index contributed by atoms with van der Waals surface area (Å²) in [5.41, 5.74) is 0. The van der Waals surface area contributed by atoms with Gasteiger partial charge in [0, 0.05) is 19.1 Å². The summed E-state index contributed by atoms with van der Waals surface area (Å²) in [7, 11) is 0. The Morgan fingerprint density at radius 1 is 1.17 bits per heavy atom. The van der Waals surface area contributed by atoms with Crippen molar-refractivity contribution >= 4 is 35.8 Å². The predicted molar refractivity (Wildman–Crippen MR) is 129 cm³/mol.